The van der Waals surface area contributed by atoms with E-state index in [9.17, 15) is 4.79 Å². The van der Waals surface area contributed by atoms with E-state index >= 15 is 0 Å². The van der Waals surface area contributed by atoms with E-state index in [4.69, 9.17) is 4.74 Å². The van der Waals surface area contributed by atoms with Crippen LogP contribution in [0.3, 0.4) is 0 Å². The molecule has 19 heavy (non-hydrogen) atoms. The summed E-state index contributed by atoms with van der Waals surface area (Å²) in [5, 5.41) is 0. The number of rotatable bonds is 7. The fraction of sp³-hybridized carbons (Fsp3) is 0.562. The molecule has 1 rings (SSSR count). The third-order valence-electron chi connectivity index (χ3n) is 3.21. The fourth-order valence-electron chi connectivity index (χ4n) is 1.96. The molecule has 0 atom stereocenters. The normalized spacial score (nSPS) is 11.1. The number of carbonyl (C=O) groups excluding carboxylic acids is 1. The van der Waals surface area contributed by atoms with Crippen LogP contribution in [0.15, 0.2) is 24.3 Å². The number of methoxy groups -OCH3 is 1. The molecular weight excluding hydrogens is 238 g/mol. The van der Waals surface area contributed by atoms with Crippen LogP contribution in [-0.4, -0.2) is 31.6 Å². The molecule has 0 saturated carbocycles. The number of hydrogen-bond donors (Lipinski definition) is 0. The van der Waals surface area contributed by atoms with Gasteiger partial charge in [0.1, 0.15) is 0 Å². The van der Waals surface area contributed by atoms with Gasteiger partial charge in [-0.15, -0.1) is 0 Å². The molecule has 3 nitrogen and oxygen atoms in total. The number of hydrogen-bond acceptors (Lipinski definition) is 3. The largest absolute Gasteiger partial charge is 0.469 e. The maximum Gasteiger partial charge on any atom is 0.309 e. The Morgan fingerprint density at radius 3 is 2.47 bits per heavy atom. The van der Waals surface area contributed by atoms with E-state index in [1.807, 2.05) is 18.2 Å². The van der Waals surface area contributed by atoms with Crippen molar-refractivity contribution >= 4 is 5.97 Å². The molecule has 1 aromatic carbocycles. The van der Waals surface area contributed by atoms with Crippen LogP contribution < -0.4 is 0 Å². The van der Waals surface area contributed by atoms with Gasteiger partial charge in [0, 0.05) is 6.54 Å². The molecule has 106 valence electrons. The molecule has 0 aromatic heterocycles. The van der Waals surface area contributed by atoms with Crippen molar-refractivity contribution in [3.8, 4) is 0 Å². The van der Waals surface area contributed by atoms with E-state index in [0.29, 0.717) is 12.3 Å². The third-order valence-corrected chi connectivity index (χ3v) is 3.21. The minimum absolute atomic E-state index is 0.183. The zero-order valence-electron chi connectivity index (χ0n) is 12.5. The second-order valence-electron chi connectivity index (χ2n) is 5.44. The van der Waals surface area contributed by atoms with E-state index in [1.54, 1.807) is 0 Å². The highest BCUT2D eigenvalue weighted by molar-refractivity contribution is 5.72. The Labute approximate surface area is 116 Å². The molecule has 0 spiro atoms. The summed E-state index contributed by atoms with van der Waals surface area (Å²) in [6, 6.07) is 8.08. The van der Waals surface area contributed by atoms with E-state index in [1.165, 1.54) is 19.1 Å². The molecular formula is C16H25NO2. The third kappa shape index (κ3) is 5.88. The van der Waals surface area contributed by atoms with Crippen LogP contribution >= 0.6 is 0 Å². The number of esters is 1. The number of ether oxygens (including phenoxy) is 1. The summed E-state index contributed by atoms with van der Waals surface area (Å²) < 4.78 is 4.74. The molecule has 0 radical (unpaired) electrons. The quantitative estimate of drug-likeness (QED) is 0.708. The van der Waals surface area contributed by atoms with Crippen LogP contribution in [0.4, 0.5) is 0 Å². The predicted octanol–water partition coefficient (Wildman–Crippen LogP) is 2.88. The molecule has 0 bridgehead atoms. The number of nitrogens with zero attached hydrogens (tertiary/aromatic N) is 1. The van der Waals surface area contributed by atoms with Crippen molar-refractivity contribution in [3.63, 3.8) is 0 Å². The Morgan fingerprint density at radius 2 is 1.89 bits per heavy atom. The molecule has 0 saturated heterocycles. The standard InChI is InChI=1S/C16H25NO2/c1-13(2)9-10-17(3)12-15-8-6-5-7-14(15)11-16(18)19-4/h5-8,13H,9-12H2,1-4H3. The molecule has 1 aromatic rings. The number of carbonyl (C=O) groups is 1. The maximum atomic E-state index is 11.4. The van der Waals surface area contributed by atoms with Gasteiger partial charge < -0.3 is 9.64 Å². The summed E-state index contributed by atoms with van der Waals surface area (Å²) in [5.74, 6) is 0.532. The first-order valence-corrected chi connectivity index (χ1v) is 6.85. The van der Waals surface area contributed by atoms with Crippen LogP contribution in [0.1, 0.15) is 31.4 Å². The van der Waals surface area contributed by atoms with Gasteiger partial charge >= 0.3 is 5.97 Å². The first-order chi connectivity index (χ1) is 9.02. The van der Waals surface area contributed by atoms with Gasteiger partial charge in [-0.05, 0) is 37.1 Å². The molecule has 0 aliphatic heterocycles. The van der Waals surface area contributed by atoms with Crippen LogP contribution in [0.2, 0.25) is 0 Å². The van der Waals surface area contributed by atoms with Gasteiger partial charge in [0.25, 0.3) is 0 Å². The predicted molar refractivity (Wildman–Crippen MR) is 78.0 cm³/mol. The Hall–Kier alpha value is -1.35. The molecule has 0 heterocycles. The minimum atomic E-state index is -0.183. The van der Waals surface area contributed by atoms with Crippen molar-refractivity contribution in [1.82, 2.24) is 4.90 Å². The van der Waals surface area contributed by atoms with Crippen molar-refractivity contribution in [2.75, 3.05) is 20.7 Å². The van der Waals surface area contributed by atoms with Gasteiger partial charge in [-0.3, -0.25) is 4.79 Å². The minimum Gasteiger partial charge on any atom is -0.469 e. The highest BCUT2D eigenvalue weighted by Gasteiger charge is 2.09. The monoisotopic (exact) mass is 263 g/mol. The summed E-state index contributed by atoms with van der Waals surface area (Å²) in [6.07, 6.45) is 1.54. The van der Waals surface area contributed by atoms with Crippen LogP contribution in [0, 0.1) is 5.92 Å². The maximum absolute atomic E-state index is 11.4. The van der Waals surface area contributed by atoms with Crippen molar-refractivity contribution in [1.29, 1.82) is 0 Å². The Bertz CT molecular complexity index is 401. The van der Waals surface area contributed by atoms with Gasteiger partial charge in [0.15, 0.2) is 0 Å². The lowest BCUT2D eigenvalue weighted by molar-refractivity contribution is -0.139. The van der Waals surface area contributed by atoms with Crippen molar-refractivity contribution in [2.24, 2.45) is 5.92 Å². The van der Waals surface area contributed by atoms with Gasteiger partial charge in [-0.1, -0.05) is 38.1 Å². The zero-order valence-corrected chi connectivity index (χ0v) is 12.5. The molecule has 0 amide bonds. The lowest BCUT2D eigenvalue weighted by Crippen LogP contribution is -2.21. The highest BCUT2D eigenvalue weighted by atomic mass is 16.5. The lowest BCUT2D eigenvalue weighted by Gasteiger charge is -2.19. The summed E-state index contributed by atoms with van der Waals surface area (Å²) in [4.78, 5) is 13.7. The van der Waals surface area contributed by atoms with Gasteiger partial charge in [-0.25, -0.2) is 0 Å². The molecule has 0 aliphatic rings. The second kappa shape index (κ2) is 7.95. The van der Waals surface area contributed by atoms with Gasteiger partial charge in [0.2, 0.25) is 0 Å². The topological polar surface area (TPSA) is 29.5 Å². The smallest absolute Gasteiger partial charge is 0.309 e. The van der Waals surface area contributed by atoms with Crippen molar-refractivity contribution < 1.29 is 9.53 Å². The zero-order chi connectivity index (χ0) is 14.3. The SMILES string of the molecule is COC(=O)Cc1ccccc1CN(C)CCC(C)C. The average molecular weight is 263 g/mol. The first-order valence-electron chi connectivity index (χ1n) is 6.85. The summed E-state index contributed by atoms with van der Waals surface area (Å²) in [6.45, 7) is 6.42. The Balaban J connectivity index is 2.64. The summed E-state index contributed by atoms with van der Waals surface area (Å²) >= 11 is 0. The number of benzene rings is 1. The van der Waals surface area contributed by atoms with Crippen LogP contribution in [-0.2, 0) is 22.5 Å². The van der Waals surface area contributed by atoms with Gasteiger partial charge in [0.05, 0.1) is 13.5 Å². The van der Waals surface area contributed by atoms with E-state index in [2.05, 4.69) is 31.9 Å². The molecule has 0 N–H and O–H groups in total. The van der Waals surface area contributed by atoms with Crippen LogP contribution in [0.5, 0.6) is 0 Å². The molecule has 0 aliphatic carbocycles. The van der Waals surface area contributed by atoms with E-state index in [-0.39, 0.29) is 5.97 Å². The average Bonchev–Trinajstić information content (AvgIpc) is 2.38. The Kier molecular flexibility index (Phi) is 6.57. The summed E-state index contributed by atoms with van der Waals surface area (Å²) in [7, 11) is 3.55. The molecule has 0 unspecified atom stereocenters. The second-order valence-corrected chi connectivity index (χ2v) is 5.44. The first kappa shape index (κ1) is 15.7. The Morgan fingerprint density at radius 1 is 1.26 bits per heavy atom. The lowest BCUT2D eigenvalue weighted by atomic mass is 10.0. The van der Waals surface area contributed by atoms with E-state index < -0.39 is 0 Å². The summed E-state index contributed by atoms with van der Waals surface area (Å²) in [5.41, 5.74) is 2.27. The van der Waals surface area contributed by atoms with E-state index in [0.717, 1.165) is 18.7 Å². The fourth-order valence-corrected chi connectivity index (χ4v) is 1.96. The van der Waals surface area contributed by atoms with Crippen molar-refractivity contribution in [3.05, 3.63) is 35.4 Å². The molecule has 3 heteroatoms. The van der Waals surface area contributed by atoms with Gasteiger partial charge in [-0.2, -0.15) is 0 Å². The van der Waals surface area contributed by atoms with Crippen LogP contribution in [0.25, 0.3) is 0 Å². The molecule has 0 fully saturated rings. The van der Waals surface area contributed by atoms with Crippen molar-refractivity contribution in [2.45, 2.75) is 33.2 Å². The highest BCUT2D eigenvalue weighted by Crippen LogP contribution is 2.13.